The van der Waals surface area contributed by atoms with Gasteiger partial charge in [-0.3, -0.25) is 4.79 Å². The maximum Gasteiger partial charge on any atom is 0.140 e. The highest BCUT2D eigenvalue weighted by atomic mass is 35.5. The first-order valence-corrected chi connectivity index (χ1v) is 5.20. The van der Waals surface area contributed by atoms with Gasteiger partial charge in [0.2, 0.25) is 0 Å². The number of halogens is 1. The summed E-state index contributed by atoms with van der Waals surface area (Å²) < 4.78 is 0. The topological polar surface area (TPSA) is 17.1 Å². The van der Waals surface area contributed by atoms with Crippen LogP contribution in [0.25, 0.3) is 0 Å². The Balaban J connectivity index is 2.17. The standard InChI is InChI=1S/C10H15ClO/c1-10(2)7-3-6(5-11)9(12)8(10)4-7/h6-8H,3-5H2,1-2H3/t6-,7+,8+/m1/s1. The number of rotatable bonds is 1. The number of ketones is 1. The van der Waals surface area contributed by atoms with E-state index < -0.39 is 0 Å². The molecule has 12 heavy (non-hydrogen) atoms. The molecule has 3 aliphatic carbocycles. The molecule has 3 atom stereocenters. The summed E-state index contributed by atoms with van der Waals surface area (Å²) >= 11 is 5.73. The third-order valence-corrected chi connectivity index (χ3v) is 4.34. The number of fused-ring (bicyclic) bond motifs is 2. The molecule has 0 heterocycles. The summed E-state index contributed by atoms with van der Waals surface area (Å²) in [6, 6.07) is 0. The van der Waals surface area contributed by atoms with Gasteiger partial charge in [-0.15, -0.1) is 11.6 Å². The molecule has 2 bridgehead atoms. The van der Waals surface area contributed by atoms with Crippen molar-refractivity contribution in [2.75, 3.05) is 5.88 Å². The van der Waals surface area contributed by atoms with Crippen molar-refractivity contribution in [2.24, 2.45) is 23.2 Å². The molecule has 0 spiro atoms. The first-order chi connectivity index (χ1) is 5.57. The van der Waals surface area contributed by atoms with Crippen molar-refractivity contribution in [3.63, 3.8) is 0 Å². The zero-order valence-electron chi connectivity index (χ0n) is 7.64. The van der Waals surface area contributed by atoms with Crippen LogP contribution in [0, 0.1) is 23.2 Å². The fourth-order valence-electron chi connectivity index (χ4n) is 2.78. The third kappa shape index (κ3) is 0.891. The van der Waals surface area contributed by atoms with Crippen LogP contribution in [-0.4, -0.2) is 11.7 Å². The average Bonchev–Trinajstić information content (AvgIpc) is 2.03. The molecular weight excluding hydrogens is 172 g/mol. The Labute approximate surface area is 78.5 Å². The Morgan fingerprint density at radius 2 is 2.17 bits per heavy atom. The molecule has 0 aromatic heterocycles. The summed E-state index contributed by atoms with van der Waals surface area (Å²) in [5.41, 5.74) is 0.277. The largest absolute Gasteiger partial charge is 0.299 e. The fourth-order valence-corrected chi connectivity index (χ4v) is 3.06. The molecule has 0 aromatic carbocycles. The van der Waals surface area contributed by atoms with Crippen LogP contribution in [0.4, 0.5) is 0 Å². The monoisotopic (exact) mass is 186 g/mol. The summed E-state index contributed by atoms with van der Waals surface area (Å²) in [6.45, 7) is 4.43. The van der Waals surface area contributed by atoms with E-state index in [9.17, 15) is 4.79 Å². The van der Waals surface area contributed by atoms with E-state index in [0.29, 0.717) is 17.6 Å². The van der Waals surface area contributed by atoms with Crippen LogP contribution >= 0.6 is 11.6 Å². The van der Waals surface area contributed by atoms with Gasteiger partial charge in [0.25, 0.3) is 0 Å². The molecule has 0 N–H and O–H groups in total. The van der Waals surface area contributed by atoms with Gasteiger partial charge in [-0.1, -0.05) is 13.8 Å². The predicted molar refractivity (Wildman–Crippen MR) is 49.2 cm³/mol. The Bertz CT molecular complexity index is 222. The van der Waals surface area contributed by atoms with Crippen molar-refractivity contribution in [3.05, 3.63) is 0 Å². The summed E-state index contributed by atoms with van der Waals surface area (Å²) in [7, 11) is 0. The van der Waals surface area contributed by atoms with Crippen LogP contribution < -0.4 is 0 Å². The quantitative estimate of drug-likeness (QED) is 0.575. The van der Waals surface area contributed by atoms with E-state index in [4.69, 9.17) is 11.6 Å². The van der Waals surface area contributed by atoms with E-state index in [1.165, 1.54) is 0 Å². The van der Waals surface area contributed by atoms with E-state index >= 15 is 0 Å². The summed E-state index contributed by atoms with van der Waals surface area (Å²) in [6.07, 6.45) is 2.16. The van der Waals surface area contributed by atoms with Crippen LogP contribution in [-0.2, 0) is 4.79 Å². The molecule has 2 heteroatoms. The van der Waals surface area contributed by atoms with Gasteiger partial charge in [-0.2, -0.15) is 0 Å². The number of hydrogen-bond acceptors (Lipinski definition) is 1. The highest BCUT2D eigenvalue weighted by Gasteiger charge is 2.57. The maximum absolute atomic E-state index is 11.7. The van der Waals surface area contributed by atoms with Crippen LogP contribution in [0.2, 0.25) is 0 Å². The summed E-state index contributed by atoms with van der Waals surface area (Å²) in [4.78, 5) is 11.7. The van der Waals surface area contributed by atoms with Gasteiger partial charge >= 0.3 is 0 Å². The Kier molecular flexibility index (Phi) is 1.76. The lowest BCUT2D eigenvalue weighted by molar-refractivity contribution is -0.155. The molecule has 0 amide bonds. The second-order valence-electron chi connectivity index (χ2n) is 4.80. The van der Waals surface area contributed by atoms with E-state index in [1.807, 2.05) is 0 Å². The van der Waals surface area contributed by atoms with E-state index in [-0.39, 0.29) is 11.3 Å². The number of carbonyl (C=O) groups excluding carboxylic acids is 1. The lowest BCUT2D eigenvalue weighted by atomic mass is 9.46. The molecule has 68 valence electrons. The minimum Gasteiger partial charge on any atom is -0.299 e. The number of hydrogen-bond donors (Lipinski definition) is 0. The van der Waals surface area contributed by atoms with E-state index in [1.54, 1.807) is 0 Å². The minimum absolute atomic E-state index is 0.170. The summed E-state index contributed by atoms with van der Waals surface area (Å²) in [5.74, 6) is 2.20. The van der Waals surface area contributed by atoms with Crippen molar-refractivity contribution >= 4 is 17.4 Å². The van der Waals surface area contributed by atoms with Crippen molar-refractivity contribution < 1.29 is 4.79 Å². The van der Waals surface area contributed by atoms with Gasteiger partial charge < -0.3 is 0 Å². The van der Waals surface area contributed by atoms with Crippen LogP contribution in [0.3, 0.4) is 0 Å². The molecule has 3 rings (SSSR count). The number of alkyl halides is 1. The average molecular weight is 187 g/mol. The molecule has 0 radical (unpaired) electrons. The molecule has 3 saturated carbocycles. The van der Waals surface area contributed by atoms with Crippen LogP contribution in [0.15, 0.2) is 0 Å². The second-order valence-corrected chi connectivity index (χ2v) is 5.10. The molecule has 0 unspecified atom stereocenters. The highest BCUT2D eigenvalue weighted by Crippen LogP contribution is 2.59. The SMILES string of the molecule is CC1(C)[C@H]2C[C@H](CCl)C(=O)[C@@H]1C2. The molecule has 3 aliphatic rings. The predicted octanol–water partition coefficient (Wildman–Crippen LogP) is 2.48. The van der Waals surface area contributed by atoms with E-state index in [2.05, 4.69) is 13.8 Å². The first-order valence-electron chi connectivity index (χ1n) is 4.67. The Morgan fingerprint density at radius 3 is 2.58 bits per heavy atom. The molecular formula is C10H15ClO. The second kappa shape index (κ2) is 2.47. The fraction of sp³-hybridized carbons (Fsp3) is 0.900. The van der Waals surface area contributed by atoms with Crippen molar-refractivity contribution in [3.8, 4) is 0 Å². The Morgan fingerprint density at radius 1 is 1.50 bits per heavy atom. The normalized spacial score (nSPS) is 43.9. The first kappa shape index (κ1) is 8.55. The molecule has 0 saturated heterocycles. The van der Waals surface area contributed by atoms with Crippen molar-refractivity contribution in [2.45, 2.75) is 26.7 Å². The number of carbonyl (C=O) groups is 1. The zero-order valence-corrected chi connectivity index (χ0v) is 8.40. The van der Waals surface area contributed by atoms with Crippen molar-refractivity contribution in [1.82, 2.24) is 0 Å². The zero-order chi connectivity index (χ0) is 8.93. The van der Waals surface area contributed by atoms with Gasteiger partial charge in [0.1, 0.15) is 5.78 Å². The van der Waals surface area contributed by atoms with Crippen LogP contribution in [0.5, 0.6) is 0 Å². The van der Waals surface area contributed by atoms with Gasteiger partial charge in [0.15, 0.2) is 0 Å². The molecule has 0 aliphatic heterocycles. The Hall–Kier alpha value is -0.0400. The summed E-state index contributed by atoms with van der Waals surface area (Å²) in [5, 5.41) is 0. The lowest BCUT2D eigenvalue weighted by Crippen LogP contribution is -2.56. The van der Waals surface area contributed by atoms with Gasteiger partial charge in [0.05, 0.1) is 0 Å². The third-order valence-electron chi connectivity index (χ3n) is 3.97. The highest BCUT2D eigenvalue weighted by molar-refractivity contribution is 6.19. The number of Topliss-reactive ketones (excluding diaryl/α,β-unsaturated/α-hetero) is 1. The molecule has 1 nitrogen and oxygen atoms in total. The smallest absolute Gasteiger partial charge is 0.140 e. The van der Waals surface area contributed by atoms with Crippen molar-refractivity contribution in [1.29, 1.82) is 0 Å². The van der Waals surface area contributed by atoms with Gasteiger partial charge in [0, 0.05) is 17.7 Å². The van der Waals surface area contributed by atoms with Gasteiger partial charge in [-0.25, -0.2) is 0 Å². The van der Waals surface area contributed by atoms with Gasteiger partial charge in [-0.05, 0) is 24.2 Å². The minimum atomic E-state index is 0.170. The molecule has 0 aromatic rings. The lowest BCUT2D eigenvalue weighted by Gasteiger charge is -2.57. The van der Waals surface area contributed by atoms with E-state index in [0.717, 1.165) is 18.8 Å². The van der Waals surface area contributed by atoms with Crippen LogP contribution in [0.1, 0.15) is 26.7 Å². The maximum atomic E-state index is 11.7. The molecule has 3 fully saturated rings.